The molecular formula is C16H20N2O4S. The summed E-state index contributed by atoms with van der Waals surface area (Å²) in [5.41, 5.74) is 0.418. The van der Waals surface area contributed by atoms with Crippen LogP contribution in [-0.4, -0.2) is 43.4 Å². The van der Waals surface area contributed by atoms with Crippen LogP contribution in [0.3, 0.4) is 0 Å². The van der Waals surface area contributed by atoms with E-state index >= 15 is 0 Å². The van der Waals surface area contributed by atoms with Crippen LogP contribution >= 0.6 is 11.3 Å². The first kappa shape index (κ1) is 16.2. The lowest BCUT2D eigenvalue weighted by molar-refractivity contribution is 0.0166. The van der Waals surface area contributed by atoms with E-state index in [4.69, 9.17) is 13.9 Å². The molecular weight excluding hydrogens is 316 g/mol. The van der Waals surface area contributed by atoms with Crippen molar-refractivity contribution in [3.05, 3.63) is 29.5 Å². The minimum atomic E-state index is -0.168. The zero-order chi connectivity index (χ0) is 15.9. The predicted molar refractivity (Wildman–Crippen MR) is 86.6 cm³/mol. The first-order valence-corrected chi connectivity index (χ1v) is 8.68. The summed E-state index contributed by atoms with van der Waals surface area (Å²) >= 11 is 1.39. The molecule has 0 saturated carbocycles. The van der Waals surface area contributed by atoms with Gasteiger partial charge in [-0.3, -0.25) is 4.79 Å². The third kappa shape index (κ3) is 4.63. The molecule has 0 radical (unpaired) electrons. The van der Waals surface area contributed by atoms with Crippen molar-refractivity contribution < 1.29 is 18.7 Å². The van der Waals surface area contributed by atoms with Crippen LogP contribution in [0.25, 0.3) is 10.8 Å². The summed E-state index contributed by atoms with van der Waals surface area (Å²) in [6.45, 7) is 2.68. The van der Waals surface area contributed by atoms with Crippen molar-refractivity contribution in [1.82, 2.24) is 10.3 Å². The van der Waals surface area contributed by atoms with Crippen molar-refractivity contribution in [2.24, 2.45) is 0 Å². The Labute approximate surface area is 138 Å². The number of ether oxygens (including phenoxy) is 2. The summed E-state index contributed by atoms with van der Waals surface area (Å²) < 4.78 is 16.3. The van der Waals surface area contributed by atoms with Gasteiger partial charge in [0.05, 0.1) is 19.0 Å². The maximum atomic E-state index is 12.0. The number of carbonyl (C=O) groups excluding carboxylic acids is 1. The van der Waals surface area contributed by atoms with Gasteiger partial charge in [-0.15, -0.1) is 11.3 Å². The van der Waals surface area contributed by atoms with Gasteiger partial charge >= 0.3 is 0 Å². The molecule has 1 amide bonds. The molecule has 1 fully saturated rings. The van der Waals surface area contributed by atoms with Crippen LogP contribution in [0.5, 0.6) is 0 Å². The highest BCUT2D eigenvalue weighted by Crippen LogP contribution is 2.23. The number of nitrogens with one attached hydrogen (secondary N) is 1. The smallest absolute Gasteiger partial charge is 0.270 e. The Morgan fingerprint density at radius 1 is 1.52 bits per heavy atom. The molecule has 124 valence electrons. The lowest BCUT2D eigenvalue weighted by Gasteiger charge is -2.10. The Hall–Kier alpha value is -1.70. The summed E-state index contributed by atoms with van der Waals surface area (Å²) in [5.74, 6) is 0.509. The maximum Gasteiger partial charge on any atom is 0.270 e. The van der Waals surface area contributed by atoms with E-state index in [0.717, 1.165) is 25.9 Å². The fourth-order valence-corrected chi connectivity index (χ4v) is 3.12. The second kappa shape index (κ2) is 8.24. The molecule has 1 aliphatic rings. The van der Waals surface area contributed by atoms with Crippen LogP contribution in [0.1, 0.15) is 29.8 Å². The lowest BCUT2D eigenvalue weighted by Crippen LogP contribution is -2.26. The molecule has 23 heavy (non-hydrogen) atoms. The van der Waals surface area contributed by atoms with E-state index in [-0.39, 0.29) is 12.0 Å². The van der Waals surface area contributed by atoms with Gasteiger partial charge in [0.1, 0.15) is 5.69 Å². The summed E-state index contributed by atoms with van der Waals surface area (Å²) in [6.07, 6.45) is 4.82. The van der Waals surface area contributed by atoms with Gasteiger partial charge in [-0.1, -0.05) is 0 Å². The van der Waals surface area contributed by atoms with Crippen molar-refractivity contribution >= 4 is 17.2 Å². The molecule has 2 aromatic heterocycles. The number of thiazole rings is 1. The largest absolute Gasteiger partial charge is 0.462 e. The summed E-state index contributed by atoms with van der Waals surface area (Å²) in [5, 5.41) is 5.29. The lowest BCUT2D eigenvalue weighted by atomic mass is 10.2. The molecule has 0 aromatic carbocycles. The van der Waals surface area contributed by atoms with E-state index in [2.05, 4.69) is 10.3 Å². The quantitative estimate of drug-likeness (QED) is 0.750. The predicted octanol–water partition coefficient (Wildman–Crippen LogP) is 2.72. The van der Waals surface area contributed by atoms with Gasteiger partial charge in [0.25, 0.3) is 5.91 Å². The molecule has 1 N–H and O–H groups in total. The Kier molecular flexibility index (Phi) is 5.79. The zero-order valence-electron chi connectivity index (χ0n) is 12.8. The molecule has 0 bridgehead atoms. The van der Waals surface area contributed by atoms with Gasteiger partial charge in [0.15, 0.2) is 10.8 Å². The molecule has 1 unspecified atom stereocenters. The van der Waals surface area contributed by atoms with E-state index in [1.54, 1.807) is 17.7 Å². The molecule has 0 aliphatic carbocycles. The molecule has 3 heterocycles. The monoisotopic (exact) mass is 336 g/mol. The van der Waals surface area contributed by atoms with Gasteiger partial charge < -0.3 is 19.2 Å². The van der Waals surface area contributed by atoms with Gasteiger partial charge in [0, 0.05) is 25.1 Å². The summed E-state index contributed by atoms with van der Waals surface area (Å²) in [6, 6.07) is 3.62. The van der Waals surface area contributed by atoms with E-state index in [0.29, 0.717) is 36.2 Å². The fourth-order valence-electron chi connectivity index (χ4n) is 2.35. The van der Waals surface area contributed by atoms with Crippen molar-refractivity contribution in [2.45, 2.75) is 25.4 Å². The van der Waals surface area contributed by atoms with Gasteiger partial charge in [-0.25, -0.2) is 4.98 Å². The minimum Gasteiger partial charge on any atom is -0.462 e. The normalized spacial score (nSPS) is 17.5. The van der Waals surface area contributed by atoms with E-state index in [1.165, 1.54) is 11.3 Å². The number of amides is 1. The zero-order valence-corrected chi connectivity index (χ0v) is 13.6. The Balaban J connectivity index is 1.33. The number of rotatable bonds is 8. The number of aromatic nitrogens is 1. The van der Waals surface area contributed by atoms with Crippen LogP contribution < -0.4 is 5.32 Å². The first-order chi connectivity index (χ1) is 11.3. The van der Waals surface area contributed by atoms with Crippen LogP contribution in [0.4, 0.5) is 0 Å². The highest BCUT2D eigenvalue weighted by Gasteiger charge is 2.15. The van der Waals surface area contributed by atoms with Gasteiger partial charge in [-0.2, -0.15) is 0 Å². The third-order valence-corrected chi connectivity index (χ3v) is 4.40. The topological polar surface area (TPSA) is 73.6 Å². The van der Waals surface area contributed by atoms with Gasteiger partial charge in [-0.05, 0) is 31.4 Å². The second-order valence-electron chi connectivity index (χ2n) is 5.33. The highest BCUT2D eigenvalue weighted by atomic mass is 32.1. The average Bonchev–Trinajstić information content (AvgIpc) is 3.32. The molecule has 2 aromatic rings. The van der Waals surface area contributed by atoms with Crippen LogP contribution in [0.2, 0.25) is 0 Å². The van der Waals surface area contributed by atoms with Crippen LogP contribution in [0.15, 0.2) is 28.2 Å². The number of nitrogens with zero attached hydrogens (tertiary/aromatic N) is 1. The SMILES string of the molecule is O=C(NCCCOCC1CCCO1)c1csc(-c2ccco2)n1. The number of hydrogen-bond acceptors (Lipinski definition) is 6. The Morgan fingerprint density at radius 2 is 2.48 bits per heavy atom. The van der Waals surface area contributed by atoms with E-state index < -0.39 is 0 Å². The number of hydrogen-bond donors (Lipinski definition) is 1. The van der Waals surface area contributed by atoms with Crippen molar-refractivity contribution in [2.75, 3.05) is 26.4 Å². The van der Waals surface area contributed by atoms with Crippen molar-refractivity contribution in [1.29, 1.82) is 0 Å². The van der Waals surface area contributed by atoms with Crippen molar-refractivity contribution in [3.8, 4) is 10.8 Å². The highest BCUT2D eigenvalue weighted by molar-refractivity contribution is 7.13. The standard InChI is InChI=1S/C16H20N2O4S/c19-15(13-11-23-16(18-13)14-5-2-9-22-14)17-6-3-7-20-10-12-4-1-8-21-12/h2,5,9,11-12H,1,3-4,6-8,10H2,(H,17,19). The molecule has 1 atom stereocenters. The summed E-state index contributed by atoms with van der Waals surface area (Å²) in [4.78, 5) is 16.3. The van der Waals surface area contributed by atoms with Crippen LogP contribution in [0, 0.1) is 0 Å². The average molecular weight is 336 g/mol. The number of furan rings is 1. The summed E-state index contributed by atoms with van der Waals surface area (Å²) in [7, 11) is 0. The third-order valence-electron chi connectivity index (χ3n) is 3.55. The molecule has 7 heteroatoms. The number of carbonyl (C=O) groups is 1. The van der Waals surface area contributed by atoms with Crippen molar-refractivity contribution in [3.63, 3.8) is 0 Å². The molecule has 0 spiro atoms. The minimum absolute atomic E-state index is 0.168. The van der Waals surface area contributed by atoms with E-state index in [9.17, 15) is 4.79 Å². The molecule has 1 aliphatic heterocycles. The Bertz CT molecular complexity index is 605. The molecule has 3 rings (SSSR count). The fraction of sp³-hybridized carbons (Fsp3) is 0.500. The van der Waals surface area contributed by atoms with E-state index in [1.807, 2.05) is 6.07 Å². The molecule has 1 saturated heterocycles. The van der Waals surface area contributed by atoms with Crippen LogP contribution in [-0.2, 0) is 9.47 Å². The maximum absolute atomic E-state index is 12.0. The second-order valence-corrected chi connectivity index (χ2v) is 6.19. The first-order valence-electron chi connectivity index (χ1n) is 7.80. The Morgan fingerprint density at radius 3 is 3.26 bits per heavy atom. The van der Waals surface area contributed by atoms with Gasteiger partial charge in [0.2, 0.25) is 0 Å². The molecule has 6 nitrogen and oxygen atoms in total.